The summed E-state index contributed by atoms with van der Waals surface area (Å²) in [5, 5.41) is 0.349. The minimum Gasteiger partial charge on any atom is -0.337 e. The molecule has 0 spiro atoms. The lowest BCUT2D eigenvalue weighted by Crippen LogP contribution is -2.41. The summed E-state index contributed by atoms with van der Waals surface area (Å²) >= 11 is 6.40. The standard InChI is InChI=1S/C13H22ClN3/c1-16(13-6-3-2-5-12(13)14)8-4-9-17-10-7-15-11-17/h7,10-13H,2-6,8-9H2,1H3. The van der Waals surface area contributed by atoms with E-state index in [0.29, 0.717) is 11.4 Å². The summed E-state index contributed by atoms with van der Waals surface area (Å²) in [4.78, 5) is 6.49. The number of aromatic nitrogens is 2. The molecule has 0 radical (unpaired) electrons. The second-order valence-corrected chi connectivity index (χ2v) is 5.56. The molecule has 2 atom stereocenters. The van der Waals surface area contributed by atoms with Gasteiger partial charge in [-0.05, 0) is 32.9 Å². The van der Waals surface area contributed by atoms with Gasteiger partial charge in [0.2, 0.25) is 0 Å². The third kappa shape index (κ3) is 3.71. The van der Waals surface area contributed by atoms with Gasteiger partial charge < -0.3 is 9.47 Å². The molecule has 1 aliphatic rings. The fraction of sp³-hybridized carbons (Fsp3) is 0.769. The fourth-order valence-electron chi connectivity index (χ4n) is 2.65. The van der Waals surface area contributed by atoms with Crippen molar-refractivity contribution in [2.75, 3.05) is 13.6 Å². The monoisotopic (exact) mass is 255 g/mol. The zero-order valence-electron chi connectivity index (χ0n) is 10.6. The van der Waals surface area contributed by atoms with E-state index in [9.17, 15) is 0 Å². The first-order valence-electron chi connectivity index (χ1n) is 6.57. The van der Waals surface area contributed by atoms with Crippen molar-refractivity contribution in [2.24, 2.45) is 0 Å². The summed E-state index contributed by atoms with van der Waals surface area (Å²) in [7, 11) is 2.21. The molecule has 1 heterocycles. The zero-order chi connectivity index (χ0) is 12.1. The van der Waals surface area contributed by atoms with E-state index in [-0.39, 0.29) is 0 Å². The molecule has 0 amide bonds. The van der Waals surface area contributed by atoms with E-state index in [1.165, 1.54) is 25.7 Å². The minimum atomic E-state index is 0.349. The molecule has 2 rings (SSSR count). The molecule has 0 aliphatic heterocycles. The first-order chi connectivity index (χ1) is 8.27. The lowest BCUT2D eigenvalue weighted by atomic mass is 9.94. The van der Waals surface area contributed by atoms with Crippen LogP contribution in [0.4, 0.5) is 0 Å². The van der Waals surface area contributed by atoms with E-state index < -0.39 is 0 Å². The Morgan fingerprint density at radius 3 is 2.94 bits per heavy atom. The van der Waals surface area contributed by atoms with Crippen molar-refractivity contribution >= 4 is 11.6 Å². The summed E-state index contributed by atoms with van der Waals surface area (Å²) in [5.74, 6) is 0. The van der Waals surface area contributed by atoms with Crippen LogP contribution in [0.2, 0.25) is 0 Å². The molecule has 1 fully saturated rings. The lowest BCUT2D eigenvalue weighted by molar-refractivity contribution is 0.191. The summed E-state index contributed by atoms with van der Waals surface area (Å²) in [5.41, 5.74) is 0. The van der Waals surface area contributed by atoms with Gasteiger partial charge in [0.05, 0.1) is 6.33 Å². The molecule has 17 heavy (non-hydrogen) atoms. The van der Waals surface area contributed by atoms with E-state index in [2.05, 4.69) is 21.5 Å². The van der Waals surface area contributed by atoms with Crippen molar-refractivity contribution in [2.45, 2.75) is 50.1 Å². The second-order valence-electron chi connectivity index (χ2n) is 5.00. The summed E-state index contributed by atoms with van der Waals surface area (Å²) in [6, 6.07) is 0.577. The van der Waals surface area contributed by atoms with Crippen molar-refractivity contribution in [1.29, 1.82) is 0 Å². The highest BCUT2D eigenvalue weighted by molar-refractivity contribution is 6.21. The Labute approximate surface area is 109 Å². The Hall–Kier alpha value is -0.540. The number of halogens is 1. The number of rotatable bonds is 5. The van der Waals surface area contributed by atoms with Crippen LogP contribution in [0.15, 0.2) is 18.7 Å². The predicted molar refractivity (Wildman–Crippen MR) is 71.4 cm³/mol. The van der Waals surface area contributed by atoms with Crippen LogP contribution in [0.25, 0.3) is 0 Å². The van der Waals surface area contributed by atoms with Gasteiger partial charge in [0.1, 0.15) is 0 Å². The fourth-order valence-corrected chi connectivity index (χ4v) is 3.12. The highest BCUT2D eigenvalue weighted by Gasteiger charge is 2.25. The van der Waals surface area contributed by atoms with Gasteiger partial charge in [-0.15, -0.1) is 11.6 Å². The number of aryl methyl sites for hydroxylation is 1. The molecule has 0 saturated heterocycles. The molecule has 1 saturated carbocycles. The first kappa shape index (κ1) is 12.9. The van der Waals surface area contributed by atoms with E-state index in [0.717, 1.165) is 19.5 Å². The summed E-state index contributed by atoms with van der Waals surface area (Å²) in [6.45, 7) is 2.16. The molecular weight excluding hydrogens is 234 g/mol. The van der Waals surface area contributed by atoms with Crippen LogP contribution in [0.5, 0.6) is 0 Å². The Bertz CT molecular complexity index is 312. The zero-order valence-corrected chi connectivity index (χ0v) is 11.3. The molecule has 96 valence electrons. The van der Waals surface area contributed by atoms with Crippen LogP contribution < -0.4 is 0 Å². The lowest BCUT2D eigenvalue weighted by Gasteiger charge is -2.34. The van der Waals surface area contributed by atoms with Crippen LogP contribution in [-0.2, 0) is 6.54 Å². The third-order valence-corrected chi connectivity index (χ3v) is 4.21. The van der Waals surface area contributed by atoms with Crippen molar-refractivity contribution in [3.63, 3.8) is 0 Å². The quantitative estimate of drug-likeness (QED) is 0.755. The SMILES string of the molecule is CN(CCCn1ccnc1)C1CCCCC1Cl. The largest absolute Gasteiger partial charge is 0.337 e. The number of alkyl halides is 1. The Kier molecular flexibility index (Phi) is 4.86. The van der Waals surface area contributed by atoms with Gasteiger partial charge >= 0.3 is 0 Å². The van der Waals surface area contributed by atoms with Gasteiger partial charge in [-0.1, -0.05) is 12.8 Å². The van der Waals surface area contributed by atoms with E-state index in [1.54, 1.807) is 0 Å². The van der Waals surface area contributed by atoms with Gasteiger partial charge in [0, 0.05) is 30.4 Å². The average molecular weight is 256 g/mol. The van der Waals surface area contributed by atoms with Crippen molar-refractivity contribution in [3.8, 4) is 0 Å². The van der Waals surface area contributed by atoms with Gasteiger partial charge in [-0.25, -0.2) is 4.98 Å². The molecule has 3 nitrogen and oxygen atoms in total. The van der Waals surface area contributed by atoms with Gasteiger partial charge in [0.25, 0.3) is 0 Å². The molecular formula is C13H22ClN3. The van der Waals surface area contributed by atoms with Gasteiger partial charge in [-0.3, -0.25) is 0 Å². The number of imidazole rings is 1. The average Bonchev–Trinajstić information content (AvgIpc) is 2.82. The molecule has 1 aromatic heterocycles. The molecule has 1 aromatic rings. The third-order valence-electron chi connectivity index (χ3n) is 3.70. The maximum atomic E-state index is 6.40. The minimum absolute atomic E-state index is 0.349. The maximum absolute atomic E-state index is 6.40. The topological polar surface area (TPSA) is 21.1 Å². The normalized spacial score (nSPS) is 25.4. The molecule has 2 unspecified atom stereocenters. The van der Waals surface area contributed by atoms with E-state index >= 15 is 0 Å². The number of hydrogen-bond acceptors (Lipinski definition) is 2. The smallest absolute Gasteiger partial charge is 0.0945 e. The van der Waals surface area contributed by atoms with Crippen LogP contribution in [-0.4, -0.2) is 39.5 Å². The first-order valence-corrected chi connectivity index (χ1v) is 7.01. The van der Waals surface area contributed by atoms with Crippen LogP contribution in [0.1, 0.15) is 32.1 Å². The van der Waals surface area contributed by atoms with E-state index in [1.807, 2.05) is 18.7 Å². The number of hydrogen-bond donors (Lipinski definition) is 0. The predicted octanol–water partition coefficient (Wildman–Crippen LogP) is 2.76. The Morgan fingerprint density at radius 1 is 1.41 bits per heavy atom. The van der Waals surface area contributed by atoms with Crippen LogP contribution in [0.3, 0.4) is 0 Å². The summed E-state index contributed by atoms with van der Waals surface area (Å²) in [6.07, 6.45) is 12.0. The highest BCUT2D eigenvalue weighted by atomic mass is 35.5. The molecule has 4 heteroatoms. The molecule has 0 bridgehead atoms. The maximum Gasteiger partial charge on any atom is 0.0945 e. The van der Waals surface area contributed by atoms with Gasteiger partial charge in [-0.2, -0.15) is 0 Å². The molecule has 0 aromatic carbocycles. The summed E-state index contributed by atoms with van der Waals surface area (Å²) < 4.78 is 2.13. The van der Waals surface area contributed by atoms with Crippen molar-refractivity contribution in [1.82, 2.24) is 14.5 Å². The molecule has 0 N–H and O–H groups in total. The second kappa shape index (κ2) is 6.41. The van der Waals surface area contributed by atoms with Crippen LogP contribution >= 0.6 is 11.6 Å². The Morgan fingerprint density at radius 2 is 2.24 bits per heavy atom. The molecule has 1 aliphatic carbocycles. The van der Waals surface area contributed by atoms with Gasteiger partial charge in [0.15, 0.2) is 0 Å². The Balaban J connectivity index is 1.71. The van der Waals surface area contributed by atoms with Crippen molar-refractivity contribution < 1.29 is 0 Å². The van der Waals surface area contributed by atoms with Crippen LogP contribution in [0, 0.1) is 0 Å². The number of nitrogens with zero attached hydrogens (tertiary/aromatic N) is 3. The highest BCUT2D eigenvalue weighted by Crippen LogP contribution is 2.26. The van der Waals surface area contributed by atoms with E-state index in [4.69, 9.17) is 11.6 Å². The van der Waals surface area contributed by atoms with Crippen molar-refractivity contribution in [3.05, 3.63) is 18.7 Å².